The number of carbonyl (C=O) groups excluding carboxylic acids is 1. The first kappa shape index (κ1) is 17.9. The van der Waals surface area contributed by atoms with Crippen molar-refractivity contribution < 1.29 is 13.9 Å². The van der Waals surface area contributed by atoms with Gasteiger partial charge in [0.1, 0.15) is 11.6 Å². The largest absolute Gasteiger partial charge is 0.480 e. The van der Waals surface area contributed by atoms with Gasteiger partial charge in [0.25, 0.3) is 5.91 Å². The fourth-order valence-electron chi connectivity index (χ4n) is 3.24. The summed E-state index contributed by atoms with van der Waals surface area (Å²) in [5, 5.41) is 0. The molecular formula is C20H21BrFNO2. The summed E-state index contributed by atoms with van der Waals surface area (Å²) < 4.78 is 19.9. The molecule has 0 bridgehead atoms. The van der Waals surface area contributed by atoms with Crippen LogP contribution < -0.4 is 4.74 Å². The molecule has 0 N–H and O–H groups in total. The molecule has 3 nitrogen and oxygen atoms in total. The van der Waals surface area contributed by atoms with Crippen LogP contribution in [-0.4, -0.2) is 23.5 Å². The number of aryl methyl sites for hydroxylation is 1. The van der Waals surface area contributed by atoms with E-state index >= 15 is 0 Å². The first-order chi connectivity index (χ1) is 12.0. The van der Waals surface area contributed by atoms with E-state index in [2.05, 4.69) is 15.9 Å². The maximum absolute atomic E-state index is 13.2. The number of carbonyl (C=O) groups is 1. The van der Waals surface area contributed by atoms with Gasteiger partial charge >= 0.3 is 0 Å². The van der Waals surface area contributed by atoms with Crippen molar-refractivity contribution in [1.82, 2.24) is 4.90 Å². The molecule has 25 heavy (non-hydrogen) atoms. The fourth-order valence-corrected chi connectivity index (χ4v) is 3.82. The lowest BCUT2D eigenvalue weighted by molar-refractivity contribution is -0.138. The number of hydrogen-bond acceptors (Lipinski definition) is 2. The Labute approximate surface area is 155 Å². The number of rotatable bonds is 4. The van der Waals surface area contributed by atoms with Crippen LogP contribution >= 0.6 is 15.9 Å². The Balaban J connectivity index is 1.73. The highest BCUT2D eigenvalue weighted by atomic mass is 79.9. The molecule has 2 aromatic carbocycles. The number of nitrogens with zero attached hydrogens (tertiary/aromatic N) is 1. The molecule has 3 rings (SSSR count). The molecule has 0 aromatic heterocycles. The number of hydrogen-bond donors (Lipinski definition) is 0. The molecule has 0 saturated carbocycles. The van der Waals surface area contributed by atoms with E-state index in [0.29, 0.717) is 12.3 Å². The minimum absolute atomic E-state index is 0.0133. The summed E-state index contributed by atoms with van der Waals surface area (Å²) in [5.41, 5.74) is 2.09. The Bertz CT molecular complexity index is 763. The second-order valence-electron chi connectivity index (χ2n) is 6.44. The monoisotopic (exact) mass is 405 g/mol. The average Bonchev–Trinajstić information content (AvgIpc) is 3.07. The van der Waals surface area contributed by atoms with Gasteiger partial charge in [0.05, 0.1) is 10.5 Å². The van der Waals surface area contributed by atoms with Crippen molar-refractivity contribution in [3.05, 3.63) is 63.9 Å². The van der Waals surface area contributed by atoms with E-state index in [-0.39, 0.29) is 17.8 Å². The maximum atomic E-state index is 13.2. The summed E-state index contributed by atoms with van der Waals surface area (Å²) in [6, 6.07) is 12.2. The molecule has 1 aliphatic heterocycles. The smallest absolute Gasteiger partial charge is 0.263 e. The third-order valence-corrected chi connectivity index (χ3v) is 5.15. The van der Waals surface area contributed by atoms with Gasteiger partial charge in [-0.15, -0.1) is 0 Å². The summed E-state index contributed by atoms with van der Waals surface area (Å²) in [4.78, 5) is 14.7. The molecule has 132 valence electrons. The molecule has 0 spiro atoms. The van der Waals surface area contributed by atoms with Crippen LogP contribution in [0.4, 0.5) is 4.39 Å². The Morgan fingerprint density at radius 3 is 2.68 bits per heavy atom. The van der Waals surface area contributed by atoms with Crippen LogP contribution in [0.2, 0.25) is 0 Å². The van der Waals surface area contributed by atoms with Crippen molar-refractivity contribution in [3.8, 4) is 5.75 Å². The van der Waals surface area contributed by atoms with Gasteiger partial charge in [-0.1, -0.05) is 18.2 Å². The van der Waals surface area contributed by atoms with Crippen LogP contribution in [0.5, 0.6) is 5.75 Å². The number of amides is 1. The molecule has 2 aromatic rings. The van der Waals surface area contributed by atoms with Gasteiger partial charge in [0, 0.05) is 6.54 Å². The molecule has 0 aliphatic carbocycles. The van der Waals surface area contributed by atoms with Crippen molar-refractivity contribution in [2.45, 2.75) is 38.8 Å². The van der Waals surface area contributed by atoms with Gasteiger partial charge in [-0.25, -0.2) is 4.39 Å². The van der Waals surface area contributed by atoms with Crippen molar-refractivity contribution in [1.29, 1.82) is 0 Å². The second kappa shape index (κ2) is 7.56. The second-order valence-corrected chi connectivity index (χ2v) is 7.29. The van der Waals surface area contributed by atoms with Crippen molar-refractivity contribution in [2.24, 2.45) is 0 Å². The van der Waals surface area contributed by atoms with Crippen LogP contribution in [0.3, 0.4) is 0 Å². The highest BCUT2D eigenvalue weighted by Crippen LogP contribution is 2.33. The third kappa shape index (κ3) is 4.03. The van der Waals surface area contributed by atoms with Crippen molar-refractivity contribution in [2.75, 3.05) is 6.54 Å². The van der Waals surface area contributed by atoms with Crippen molar-refractivity contribution in [3.63, 3.8) is 0 Å². The molecule has 1 amide bonds. The molecule has 1 fully saturated rings. The molecule has 2 unspecified atom stereocenters. The molecule has 5 heteroatoms. The molecule has 1 saturated heterocycles. The summed E-state index contributed by atoms with van der Waals surface area (Å²) in [6.07, 6.45) is 1.24. The minimum Gasteiger partial charge on any atom is -0.480 e. The van der Waals surface area contributed by atoms with E-state index in [4.69, 9.17) is 4.74 Å². The Kier molecular flexibility index (Phi) is 5.42. The van der Waals surface area contributed by atoms with Crippen LogP contribution in [0, 0.1) is 12.7 Å². The number of ether oxygens (including phenoxy) is 1. The summed E-state index contributed by atoms with van der Waals surface area (Å²) in [5.74, 6) is 0.351. The molecule has 0 radical (unpaired) electrons. The molecular weight excluding hydrogens is 385 g/mol. The number of likely N-dealkylation sites (tertiary alicyclic amines) is 1. The topological polar surface area (TPSA) is 29.5 Å². The van der Waals surface area contributed by atoms with Gasteiger partial charge in [0.2, 0.25) is 0 Å². The lowest BCUT2D eigenvalue weighted by atomic mass is 10.0. The van der Waals surface area contributed by atoms with E-state index in [9.17, 15) is 9.18 Å². The predicted molar refractivity (Wildman–Crippen MR) is 99.1 cm³/mol. The first-order valence-electron chi connectivity index (χ1n) is 8.44. The lowest BCUT2D eigenvalue weighted by Crippen LogP contribution is -2.40. The Morgan fingerprint density at radius 2 is 2.00 bits per heavy atom. The summed E-state index contributed by atoms with van der Waals surface area (Å²) in [6.45, 7) is 4.47. The SMILES string of the molecule is Cc1ccc(OC(C)C(=O)N2CCCC2c2ccc(F)cc2)c(Br)c1. The first-order valence-corrected chi connectivity index (χ1v) is 9.24. The summed E-state index contributed by atoms with van der Waals surface area (Å²) in [7, 11) is 0. The highest BCUT2D eigenvalue weighted by molar-refractivity contribution is 9.10. The molecule has 1 heterocycles. The van der Waals surface area contributed by atoms with Gasteiger partial charge in [-0.2, -0.15) is 0 Å². The highest BCUT2D eigenvalue weighted by Gasteiger charge is 2.33. The Hall–Kier alpha value is -1.88. The van der Waals surface area contributed by atoms with Crippen LogP contribution in [-0.2, 0) is 4.79 Å². The number of halogens is 2. The van der Waals surface area contributed by atoms with E-state index in [0.717, 1.165) is 28.4 Å². The zero-order chi connectivity index (χ0) is 18.0. The van der Waals surface area contributed by atoms with E-state index in [1.54, 1.807) is 19.1 Å². The average molecular weight is 406 g/mol. The van der Waals surface area contributed by atoms with Crippen LogP contribution in [0.15, 0.2) is 46.9 Å². The Morgan fingerprint density at radius 1 is 1.28 bits per heavy atom. The summed E-state index contributed by atoms with van der Waals surface area (Å²) >= 11 is 3.48. The zero-order valence-electron chi connectivity index (χ0n) is 14.3. The van der Waals surface area contributed by atoms with Crippen LogP contribution in [0.25, 0.3) is 0 Å². The van der Waals surface area contributed by atoms with Gasteiger partial charge in [0.15, 0.2) is 6.10 Å². The van der Waals surface area contributed by atoms with Gasteiger partial charge < -0.3 is 9.64 Å². The van der Waals surface area contributed by atoms with E-state index in [1.807, 2.05) is 30.0 Å². The standard InChI is InChI=1S/C20H21BrFNO2/c1-13-5-10-19(17(21)12-13)25-14(2)20(24)23-11-3-4-18(23)15-6-8-16(22)9-7-15/h5-10,12,14,18H,3-4,11H2,1-2H3. The predicted octanol–water partition coefficient (Wildman–Crippen LogP) is 5.03. The lowest BCUT2D eigenvalue weighted by Gasteiger charge is -2.28. The zero-order valence-corrected chi connectivity index (χ0v) is 15.9. The molecule has 2 atom stereocenters. The number of benzene rings is 2. The van der Waals surface area contributed by atoms with Gasteiger partial charge in [-0.3, -0.25) is 4.79 Å². The quantitative estimate of drug-likeness (QED) is 0.713. The van der Waals surface area contributed by atoms with Crippen LogP contribution in [0.1, 0.15) is 36.9 Å². The van der Waals surface area contributed by atoms with E-state index < -0.39 is 6.10 Å². The van der Waals surface area contributed by atoms with E-state index in [1.165, 1.54) is 12.1 Å². The minimum atomic E-state index is -0.583. The third-order valence-electron chi connectivity index (χ3n) is 4.53. The van der Waals surface area contributed by atoms with Crippen molar-refractivity contribution >= 4 is 21.8 Å². The van der Waals surface area contributed by atoms with Gasteiger partial charge in [-0.05, 0) is 78.0 Å². The normalized spacial score (nSPS) is 18.2. The molecule has 1 aliphatic rings. The fraction of sp³-hybridized carbons (Fsp3) is 0.350. The maximum Gasteiger partial charge on any atom is 0.263 e.